The molecule has 1 heterocycles. The lowest BCUT2D eigenvalue weighted by atomic mass is 9.75. The maximum Gasteiger partial charge on any atom is 0.331 e. The Morgan fingerprint density at radius 3 is 2.05 bits per heavy atom. The maximum atomic E-state index is 12.3. The SMILES string of the molecule is COC(=O)C(C)(C)N1C(=O)CC2(CCCC2)CC1=O. The van der Waals surface area contributed by atoms with Gasteiger partial charge in [0.1, 0.15) is 5.54 Å². The maximum absolute atomic E-state index is 12.3. The molecule has 19 heavy (non-hydrogen) atoms. The van der Waals surface area contributed by atoms with Gasteiger partial charge in [-0.15, -0.1) is 0 Å². The highest BCUT2D eigenvalue weighted by atomic mass is 16.5. The molecule has 0 unspecified atom stereocenters. The average molecular weight is 267 g/mol. The minimum atomic E-state index is -1.22. The molecule has 1 saturated heterocycles. The van der Waals surface area contributed by atoms with E-state index < -0.39 is 11.5 Å². The van der Waals surface area contributed by atoms with Crippen molar-refractivity contribution in [3.05, 3.63) is 0 Å². The molecule has 2 rings (SSSR count). The van der Waals surface area contributed by atoms with Crippen LogP contribution in [0.15, 0.2) is 0 Å². The second-order valence-electron chi connectivity index (χ2n) is 6.23. The first-order valence-corrected chi connectivity index (χ1v) is 6.77. The minimum Gasteiger partial charge on any atom is -0.467 e. The highest BCUT2D eigenvalue weighted by molar-refractivity contribution is 6.03. The predicted molar refractivity (Wildman–Crippen MR) is 68.1 cm³/mol. The molecule has 1 spiro atoms. The monoisotopic (exact) mass is 267 g/mol. The van der Waals surface area contributed by atoms with Crippen LogP contribution in [0.3, 0.4) is 0 Å². The zero-order valence-corrected chi connectivity index (χ0v) is 11.8. The number of ether oxygens (including phenoxy) is 1. The summed E-state index contributed by atoms with van der Waals surface area (Å²) < 4.78 is 4.70. The normalized spacial score (nSPS) is 23.0. The molecule has 5 nitrogen and oxygen atoms in total. The number of nitrogens with zero attached hydrogens (tertiary/aromatic N) is 1. The van der Waals surface area contributed by atoms with Gasteiger partial charge in [-0.2, -0.15) is 0 Å². The van der Waals surface area contributed by atoms with E-state index in [1.54, 1.807) is 13.8 Å². The van der Waals surface area contributed by atoms with Crippen LogP contribution in [0.1, 0.15) is 52.4 Å². The van der Waals surface area contributed by atoms with E-state index in [9.17, 15) is 14.4 Å². The molecule has 1 aliphatic carbocycles. The smallest absolute Gasteiger partial charge is 0.331 e. The van der Waals surface area contributed by atoms with E-state index in [1.807, 2.05) is 0 Å². The van der Waals surface area contributed by atoms with Crippen LogP contribution in [0, 0.1) is 5.41 Å². The Bertz CT molecular complexity index is 401. The first-order chi connectivity index (χ1) is 8.82. The van der Waals surface area contributed by atoms with Crippen molar-refractivity contribution in [2.45, 2.75) is 57.9 Å². The first kappa shape index (κ1) is 14.0. The van der Waals surface area contributed by atoms with Gasteiger partial charge in [0.2, 0.25) is 11.8 Å². The van der Waals surface area contributed by atoms with Gasteiger partial charge in [0, 0.05) is 12.8 Å². The lowest BCUT2D eigenvalue weighted by molar-refractivity contribution is -0.171. The Kier molecular flexibility index (Phi) is 3.41. The van der Waals surface area contributed by atoms with Gasteiger partial charge in [-0.3, -0.25) is 14.5 Å². The highest BCUT2D eigenvalue weighted by Gasteiger charge is 2.51. The predicted octanol–water partition coefficient (Wildman–Crippen LogP) is 1.65. The van der Waals surface area contributed by atoms with Crippen molar-refractivity contribution >= 4 is 17.8 Å². The number of methoxy groups -OCH3 is 1. The molecule has 0 aromatic carbocycles. The Hall–Kier alpha value is -1.39. The standard InChI is InChI=1S/C14H21NO4/c1-13(2,12(18)19-3)15-10(16)8-14(9-11(15)17)6-4-5-7-14/h4-9H2,1-3H3. The number of esters is 1. The lowest BCUT2D eigenvalue weighted by Crippen LogP contribution is -2.60. The van der Waals surface area contributed by atoms with E-state index in [4.69, 9.17) is 4.74 Å². The van der Waals surface area contributed by atoms with E-state index in [0.29, 0.717) is 12.8 Å². The first-order valence-electron chi connectivity index (χ1n) is 6.77. The zero-order chi connectivity index (χ0) is 14.3. The number of hydrogen-bond acceptors (Lipinski definition) is 4. The summed E-state index contributed by atoms with van der Waals surface area (Å²) in [5.74, 6) is -1.04. The van der Waals surface area contributed by atoms with E-state index in [2.05, 4.69) is 0 Å². The third kappa shape index (κ3) is 2.26. The van der Waals surface area contributed by atoms with Gasteiger partial charge >= 0.3 is 5.97 Å². The molecule has 2 amide bonds. The van der Waals surface area contributed by atoms with Crippen LogP contribution < -0.4 is 0 Å². The molecule has 2 aliphatic rings. The summed E-state index contributed by atoms with van der Waals surface area (Å²) in [6.07, 6.45) is 4.80. The van der Waals surface area contributed by atoms with Crippen molar-refractivity contribution < 1.29 is 19.1 Å². The Balaban J connectivity index is 2.23. The molecule has 0 aromatic heterocycles. The lowest BCUT2D eigenvalue weighted by Gasteiger charge is -2.43. The van der Waals surface area contributed by atoms with Gasteiger partial charge in [0.15, 0.2) is 0 Å². The molecule has 1 saturated carbocycles. The van der Waals surface area contributed by atoms with Crippen LogP contribution in [0.4, 0.5) is 0 Å². The highest BCUT2D eigenvalue weighted by Crippen LogP contribution is 2.47. The minimum absolute atomic E-state index is 0.142. The summed E-state index contributed by atoms with van der Waals surface area (Å²) >= 11 is 0. The molecule has 0 N–H and O–H groups in total. The third-order valence-electron chi connectivity index (χ3n) is 4.46. The van der Waals surface area contributed by atoms with Crippen molar-refractivity contribution in [3.63, 3.8) is 0 Å². The van der Waals surface area contributed by atoms with Crippen LogP contribution in [0.5, 0.6) is 0 Å². The van der Waals surface area contributed by atoms with Crippen LogP contribution in [0.2, 0.25) is 0 Å². The summed E-state index contributed by atoms with van der Waals surface area (Å²) in [6, 6.07) is 0. The molecular weight excluding hydrogens is 246 g/mol. The van der Waals surface area contributed by atoms with Crippen molar-refractivity contribution in [1.29, 1.82) is 0 Å². The molecule has 0 bridgehead atoms. The van der Waals surface area contributed by atoms with E-state index in [1.165, 1.54) is 7.11 Å². The molecule has 0 aromatic rings. The van der Waals surface area contributed by atoms with Gasteiger partial charge < -0.3 is 4.74 Å². The zero-order valence-electron chi connectivity index (χ0n) is 11.8. The number of rotatable bonds is 2. The Morgan fingerprint density at radius 2 is 1.63 bits per heavy atom. The van der Waals surface area contributed by atoms with Crippen LogP contribution >= 0.6 is 0 Å². The molecule has 106 valence electrons. The number of amides is 2. The van der Waals surface area contributed by atoms with Crippen molar-refractivity contribution in [2.75, 3.05) is 7.11 Å². The second-order valence-corrected chi connectivity index (χ2v) is 6.23. The summed E-state index contributed by atoms with van der Waals surface area (Å²) in [4.78, 5) is 37.5. The summed E-state index contributed by atoms with van der Waals surface area (Å²) in [5.41, 5.74) is -1.36. The molecule has 1 aliphatic heterocycles. The van der Waals surface area contributed by atoms with Crippen LogP contribution in [0.25, 0.3) is 0 Å². The fraction of sp³-hybridized carbons (Fsp3) is 0.786. The topological polar surface area (TPSA) is 63.7 Å². The quantitative estimate of drug-likeness (QED) is 0.563. The van der Waals surface area contributed by atoms with E-state index >= 15 is 0 Å². The number of hydrogen-bond donors (Lipinski definition) is 0. The summed E-state index contributed by atoms with van der Waals surface area (Å²) in [5, 5.41) is 0. The van der Waals surface area contributed by atoms with Gasteiger partial charge in [-0.1, -0.05) is 12.8 Å². The average Bonchev–Trinajstić information content (AvgIpc) is 2.74. The van der Waals surface area contributed by atoms with Gasteiger partial charge in [0.05, 0.1) is 7.11 Å². The second kappa shape index (κ2) is 4.62. The fourth-order valence-electron chi connectivity index (χ4n) is 3.44. The number of carbonyl (C=O) groups is 3. The number of imide groups is 1. The molecule has 0 atom stereocenters. The van der Waals surface area contributed by atoms with E-state index in [0.717, 1.165) is 30.6 Å². The summed E-state index contributed by atoms with van der Waals surface area (Å²) in [7, 11) is 1.27. The number of piperidine rings is 1. The van der Waals surface area contributed by atoms with Crippen LogP contribution in [-0.2, 0) is 19.1 Å². The van der Waals surface area contributed by atoms with Crippen molar-refractivity contribution in [1.82, 2.24) is 4.90 Å². The molecule has 0 radical (unpaired) electrons. The fourth-order valence-corrected chi connectivity index (χ4v) is 3.44. The number of likely N-dealkylation sites (tertiary alicyclic amines) is 1. The van der Waals surface area contributed by atoms with Gasteiger partial charge in [0.25, 0.3) is 0 Å². The largest absolute Gasteiger partial charge is 0.467 e. The van der Waals surface area contributed by atoms with Crippen LogP contribution in [-0.4, -0.2) is 35.3 Å². The number of carbonyl (C=O) groups excluding carboxylic acids is 3. The molecule has 2 fully saturated rings. The Labute approximate surface area is 113 Å². The van der Waals surface area contributed by atoms with E-state index in [-0.39, 0.29) is 17.2 Å². The molecular formula is C14H21NO4. The van der Waals surface area contributed by atoms with Crippen molar-refractivity contribution in [2.24, 2.45) is 5.41 Å². The van der Waals surface area contributed by atoms with Crippen molar-refractivity contribution in [3.8, 4) is 0 Å². The van der Waals surface area contributed by atoms with Gasteiger partial charge in [-0.05, 0) is 32.1 Å². The summed E-state index contributed by atoms with van der Waals surface area (Å²) in [6.45, 7) is 3.11. The Morgan fingerprint density at radius 1 is 1.16 bits per heavy atom. The molecule has 5 heteroatoms. The van der Waals surface area contributed by atoms with Gasteiger partial charge in [-0.25, -0.2) is 4.79 Å². The third-order valence-corrected chi connectivity index (χ3v) is 4.46.